The first kappa shape index (κ1) is 17.8. The van der Waals surface area contributed by atoms with Gasteiger partial charge in [-0.3, -0.25) is 0 Å². The molecule has 0 radical (unpaired) electrons. The number of rotatable bonds is 9. The van der Waals surface area contributed by atoms with Crippen molar-refractivity contribution in [1.82, 2.24) is 4.72 Å². The Balaban J connectivity index is 4.84. The van der Waals surface area contributed by atoms with Crippen LogP contribution in [0.5, 0.6) is 0 Å². The molecule has 112 valence electrons. The Morgan fingerprint density at radius 1 is 1.05 bits per heavy atom. The van der Waals surface area contributed by atoms with Gasteiger partial charge in [-0.15, -0.1) is 0 Å². The lowest BCUT2D eigenvalue weighted by Crippen LogP contribution is -2.48. The average Bonchev–Trinajstić information content (AvgIpc) is 2.34. The van der Waals surface area contributed by atoms with Crippen LogP contribution in [0.15, 0.2) is 0 Å². The van der Waals surface area contributed by atoms with Crippen molar-refractivity contribution in [3.05, 3.63) is 0 Å². The number of esters is 2. The average molecular weight is 295 g/mol. The molecule has 1 N–H and O–H groups in total. The SMILES string of the molecule is CCCCS(=O)(=O)NC(C(=O)OCC)C(=O)OCC. The number of carbonyl (C=O) groups is 2. The lowest BCUT2D eigenvalue weighted by Gasteiger charge is -2.15. The molecule has 0 unspecified atom stereocenters. The van der Waals surface area contributed by atoms with Gasteiger partial charge in [-0.1, -0.05) is 13.3 Å². The zero-order valence-electron chi connectivity index (χ0n) is 11.5. The van der Waals surface area contributed by atoms with Gasteiger partial charge in [-0.25, -0.2) is 18.0 Å². The second-order valence-electron chi connectivity index (χ2n) is 3.73. The summed E-state index contributed by atoms with van der Waals surface area (Å²) in [7, 11) is -3.72. The summed E-state index contributed by atoms with van der Waals surface area (Å²) < 4.78 is 34.7. The lowest BCUT2D eigenvalue weighted by molar-refractivity contribution is -0.157. The summed E-state index contributed by atoms with van der Waals surface area (Å²) in [6, 6.07) is -1.64. The number of carbonyl (C=O) groups excluding carboxylic acids is 2. The van der Waals surface area contributed by atoms with Crippen LogP contribution < -0.4 is 4.72 Å². The maximum atomic E-state index is 11.7. The smallest absolute Gasteiger partial charge is 0.335 e. The van der Waals surface area contributed by atoms with Crippen LogP contribution in [0.1, 0.15) is 33.6 Å². The molecular formula is C11H21NO6S. The minimum Gasteiger partial charge on any atom is -0.464 e. The number of nitrogens with one attached hydrogen (secondary N) is 1. The van der Waals surface area contributed by atoms with Crippen LogP contribution in [0, 0.1) is 0 Å². The van der Waals surface area contributed by atoms with Crippen molar-refractivity contribution < 1.29 is 27.5 Å². The highest BCUT2D eigenvalue weighted by Crippen LogP contribution is 2.00. The molecule has 0 aliphatic carbocycles. The van der Waals surface area contributed by atoms with Gasteiger partial charge < -0.3 is 9.47 Å². The normalized spacial score (nSPS) is 11.4. The quantitative estimate of drug-likeness (QED) is 0.482. The molecule has 0 rings (SSSR count). The topological polar surface area (TPSA) is 98.8 Å². The lowest BCUT2D eigenvalue weighted by atomic mass is 10.3. The van der Waals surface area contributed by atoms with Crippen LogP contribution in [-0.2, 0) is 29.1 Å². The molecule has 0 fully saturated rings. The Morgan fingerprint density at radius 3 is 1.89 bits per heavy atom. The molecule has 0 atom stereocenters. The van der Waals surface area contributed by atoms with Crippen molar-refractivity contribution in [3.8, 4) is 0 Å². The molecule has 0 bridgehead atoms. The molecule has 0 heterocycles. The fraction of sp³-hybridized carbons (Fsp3) is 0.818. The molecule has 0 aliphatic rings. The van der Waals surface area contributed by atoms with Crippen molar-refractivity contribution >= 4 is 22.0 Å². The number of sulfonamides is 1. The maximum absolute atomic E-state index is 11.7. The first-order valence-electron chi connectivity index (χ1n) is 6.21. The minimum absolute atomic E-state index is 0.0470. The second-order valence-corrected chi connectivity index (χ2v) is 5.60. The number of ether oxygens (including phenoxy) is 2. The Bertz CT molecular complexity index is 374. The Morgan fingerprint density at radius 2 is 1.53 bits per heavy atom. The van der Waals surface area contributed by atoms with E-state index in [9.17, 15) is 18.0 Å². The van der Waals surface area contributed by atoms with E-state index in [-0.39, 0.29) is 19.0 Å². The molecule has 0 amide bonds. The summed E-state index contributed by atoms with van der Waals surface area (Å²) in [5.74, 6) is -2.07. The van der Waals surface area contributed by atoms with E-state index >= 15 is 0 Å². The summed E-state index contributed by atoms with van der Waals surface area (Å²) in [5, 5.41) is 0. The van der Waals surface area contributed by atoms with Crippen LogP contribution in [-0.4, -0.2) is 45.4 Å². The van der Waals surface area contributed by atoms with Crippen LogP contribution >= 0.6 is 0 Å². The van der Waals surface area contributed by atoms with Crippen molar-refractivity contribution in [1.29, 1.82) is 0 Å². The van der Waals surface area contributed by atoms with E-state index in [1.807, 2.05) is 11.6 Å². The highest BCUT2D eigenvalue weighted by Gasteiger charge is 2.33. The monoisotopic (exact) mass is 295 g/mol. The van der Waals surface area contributed by atoms with Crippen LogP contribution in [0.2, 0.25) is 0 Å². The van der Waals surface area contributed by atoms with Crippen molar-refractivity contribution in [2.24, 2.45) is 0 Å². The van der Waals surface area contributed by atoms with Crippen LogP contribution in [0.25, 0.3) is 0 Å². The molecule has 0 aliphatic heterocycles. The fourth-order valence-electron chi connectivity index (χ4n) is 1.22. The van der Waals surface area contributed by atoms with E-state index in [0.717, 1.165) is 0 Å². The predicted molar refractivity (Wildman–Crippen MR) is 68.9 cm³/mol. The zero-order chi connectivity index (χ0) is 14.9. The summed E-state index contributed by atoms with van der Waals surface area (Å²) in [4.78, 5) is 23.1. The Hall–Kier alpha value is -1.15. The molecule has 0 aromatic rings. The highest BCUT2D eigenvalue weighted by molar-refractivity contribution is 7.89. The van der Waals surface area contributed by atoms with E-state index < -0.39 is 28.0 Å². The van der Waals surface area contributed by atoms with Gasteiger partial charge in [0, 0.05) is 0 Å². The van der Waals surface area contributed by atoms with Gasteiger partial charge >= 0.3 is 11.9 Å². The summed E-state index contributed by atoms with van der Waals surface area (Å²) in [6.07, 6.45) is 1.12. The van der Waals surface area contributed by atoms with Crippen LogP contribution in [0.4, 0.5) is 0 Å². The second kappa shape index (κ2) is 8.87. The zero-order valence-corrected chi connectivity index (χ0v) is 12.3. The molecule has 0 saturated carbocycles. The van der Waals surface area contributed by atoms with Gasteiger partial charge in [0.25, 0.3) is 0 Å². The maximum Gasteiger partial charge on any atom is 0.335 e. The number of hydrogen-bond donors (Lipinski definition) is 1. The molecule has 0 aromatic carbocycles. The molecular weight excluding hydrogens is 274 g/mol. The van der Waals surface area contributed by atoms with Crippen LogP contribution in [0.3, 0.4) is 0 Å². The molecule has 0 spiro atoms. The minimum atomic E-state index is -3.72. The van der Waals surface area contributed by atoms with E-state index in [2.05, 4.69) is 9.47 Å². The Kier molecular flexibility index (Phi) is 8.33. The first-order valence-corrected chi connectivity index (χ1v) is 7.86. The Labute approximate surface area is 113 Å². The van der Waals surface area contributed by atoms with Crippen molar-refractivity contribution in [2.45, 2.75) is 39.7 Å². The molecule has 8 heteroatoms. The summed E-state index contributed by atoms with van der Waals surface area (Å²) in [6.45, 7) is 5.05. The summed E-state index contributed by atoms with van der Waals surface area (Å²) in [5.41, 5.74) is 0. The van der Waals surface area contributed by atoms with Gasteiger partial charge in [0.15, 0.2) is 0 Å². The van der Waals surface area contributed by atoms with Crippen molar-refractivity contribution in [2.75, 3.05) is 19.0 Å². The fourth-order valence-corrected chi connectivity index (χ4v) is 2.55. The van der Waals surface area contributed by atoms with Gasteiger partial charge in [-0.2, -0.15) is 4.72 Å². The number of hydrogen-bond acceptors (Lipinski definition) is 6. The van der Waals surface area contributed by atoms with E-state index in [4.69, 9.17) is 0 Å². The third-order valence-electron chi connectivity index (χ3n) is 2.11. The third-order valence-corrected chi connectivity index (χ3v) is 3.53. The number of unbranched alkanes of at least 4 members (excludes halogenated alkanes) is 1. The van der Waals surface area contributed by atoms with Gasteiger partial charge in [0.2, 0.25) is 16.1 Å². The molecule has 0 aromatic heterocycles. The largest absolute Gasteiger partial charge is 0.464 e. The molecule has 0 saturated heterocycles. The standard InChI is InChI=1S/C11H21NO6S/c1-4-7-8-19(15,16)12-9(10(13)17-5-2)11(14)18-6-3/h9,12H,4-8H2,1-3H3. The molecule has 19 heavy (non-hydrogen) atoms. The van der Waals surface area contributed by atoms with Gasteiger partial charge in [0.1, 0.15) is 0 Å². The first-order chi connectivity index (χ1) is 8.87. The predicted octanol–water partition coefficient (Wildman–Crippen LogP) is 0.201. The van der Waals surface area contributed by atoms with Gasteiger partial charge in [0.05, 0.1) is 19.0 Å². The summed E-state index contributed by atoms with van der Waals surface area (Å²) >= 11 is 0. The van der Waals surface area contributed by atoms with E-state index in [1.54, 1.807) is 13.8 Å². The van der Waals surface area contributed by atoms with E-state index in [1.165, 1.54) is 0 Å². The van der Waals surface area contributed by atoms with Crippen molar-refractivity contribution in [3.63, 3.8) is 0 Å². The van der Waals surface area contributed by atoms with E-state index in [0.29, 0.717) is 12.8 Å². The van der Waals surface area contributed by atoms with Gasteiger partial charge in [-0.05, 0) is 20.3 Å². The molecule has 7 nitrogen and oxygen atoms in total. The highest BCUT2D eigenvalue weighted by atomic mass is 32.2. The third kappa shape index (κ3) is 7.12.